The highest BCUT2D eigenvalue weighted by molar-refractivity contribution is 6.31. The normalized spacial score (nSPS) is 20.9. The van der Waals surface area contributed by atoms with Gasteiger partial charge in [-0.1, -0.05) is 28.9 Å². The summed E-state index contributed by atoms with van der Waals surface area (Å²) >= 11 is 6.27. The summed E-state index contributed by atoms with van der Waals surface area (Å²) in [4.78, 5) is 23.2. The fourth-order valence-electron chi connectivity index (χ4n) is 6.23. The largest absolute Gasteiger partial charge is 0.436 e. The van der Waals surface area contributed by atoms with Gasteiger partial charge in [0.05, 0.1) is 34.8 Å². The van der Waals surface area contributed by atoms with Crippen LogP contribution in [0.3, 0.4) is 0 Å². The number of halogens is 4. The first-order valence-electron chi connectivity index (χ1n) is 13.3. The van der Waals surface area contributed by atoms with E-state index in [9.17, 15) is 18.0 Å². The maximum absolute atomic E-state index is 13.6. The smallest absolute Gasteiger partial charge is 0.289 e. The highest BCUT2D eigenvalue weighted by Crippen LogP contribution is 2.61. The van der Waals surface area contributed by atoms with E-state index in [4.69, 9.17) is 21.6 Å². The monoisotopic (exact) mass is 588 g/mol. The molecule has 1 saturated carbocycles. The van der Waals surface area contributed by atoms with Crippen molar-refractivity contribution in [3.05, 3.63) is 98.6 Å². The number of aliphatic imine (C=N–C) groups is 1. The van der Waals surface area contributed by atoms with E-state index < -0.39 is 11.9 Å². The number of fused-ring (bicyclic) bond motifs is 4. The van der Waals surface area contributed by atoms with Gasteiger partial charge in [-0.2, -0.15) is 18.3 Å². The Morgan fingerprint density at radius 1 is 1.12 bits per heavy atom. The van der Waals surface area contributed by atoms with Gasteiger partial charge >= 0.3 is 6.18 Å². The predicted molar refractivity (Wildman–Crippen MR) is 149 cm³/mol. The summed E-state index contributed by atoms with van der Waals surface area (Å²) in [7, 11) is 0. The van der Waals surface area contributed by atoms with E-state index >= 15 is 0 Å². The molecule has 5 heterocycles. The predicted octanol–water partition coefficient (Wildman–Crippen LogP) is 5.78. The zero-order chi connectivity index (χ0) is 28.9. The SMILES string of the molecule is Cc1[nH]nc2cc(C3=NC=C(C4C5CC5c5nc(-c6cc(Cl)ccc6-n6cc(C(F)(F)F)nn6)cc(=O)n54)C3)ccc12. The van der Waals surface area contributed by atoms with Crippen molar-refractivity contribution in [2.75, 3.05) is 0 Å². The van der Waals surface area contributed by atoms with Gasteiger partial charge < -0.3 is 0 Å². The Morgan fingerprint density at radius 2 is 1.98 bits per heavy atom. The molecule has 0 spiro atoms. The fraction of sp³-hybridized carbons (Fsp3) is 0.241. The number of alkyl halides is 3. The molecule has 8 rings (SSSR count). The second-order valence-corrected chi connectivity index (χ2v) is 11.3. The van der Waals surface area contributed by atoms with Crippen LogP contribution in [0, 0.1) is 12.8 Å². The van der Waals surface area contributed by atoms with E-state index in [1.165, 1.54) is 18.2 Å². The Hall–Kier alpha value is -4.58. The van der Waals surface area contributed by atoms with E-state index in [1.54, 1.807) is 10.6 Å². The lowest BCUT2D eigenvalue weighted by atomic mass is 9.96. The van der Waals surface area contributed by atoms with Crippen LogP contribution in [0.15, 0.2) is 70.2 Å². The van der Waals surface area contributed by atoms with E-state index in [0.29, 0.717) is 28.5 Å². The quantitative estimate of drug-likeness (QED) is 0.286. The van der Waals surface area contributed by atoms with Gasteiger partial charge in [0.2, 0.25) is 0 Å². The average molecular weight is 589 g/mol. The van der Waals surface area contributed by atoms with Gasteiger partial charge in [-0.25, -0.2) is 9.67 Å². The summed E-state index contributed by atoms with van der Waals surface area (Å²) in [5.74, 6) is 1.01. The van der Waals surface area contributed by atoms with Crippen molar-refractivity contribution in [2.45, 2.75) is 37.9 Å². The van der Waals surface area contributed by atoms with Gasteiger partial charge in [-0.15, -0.1) is 5.10 Å². The Labute approximate surface area is 240 Å². The lowest BCUT2D eigenvalue weighted by Gasteiger charge is -2.20. The highest BCUT2D eigenvalue weighted by Gasteiger charge is 2.55. The number of hydrogen-bond donors (Lipinski definition) is 1. The van der Waals surface area contributed by atoms with Crippen LogP contribution in [0.1, 0.15) is 47.6 Å². The van der Waals surface area contributed by atoms with Crippen LogP contribution in [0.5, 0.6) is 0 Å². The minimum absolute atomic E-state index is 0.113. The molecule has 0 amide bonds. The van der Waals surface area contributed by atoms with Crippen molar-refractivity contribution >= 4 is 28.2 Å². The molecule has 42 heavy (non-hydrogen) atoms. The van der Waals surface area contributed by atoms with Crippen molar-refractivity contribution in [1.29, 1.82) is 0 Å². The van der Waals surface area contributed by atoms with E-state index in [0.717, 1.165) is 50.7 Å². The summed E-state index contributed by atoms with van der Waals surface area (Å²) < 4.78 is 42.3. The van der Waals surface area contributed by atoms with Crippen molar-refractivity contribution in [3.8, 4) is 16.9 Å². The molecule has 0 bridgehead atoms. The Balaban J connectivity index is 1.13. The van der Waals surface area contributed by atoms with Gasteiger partial charge in [0, 0.05) is 46.3 Å². The van der Waals surface area contributed by atoms with Gasteiger partial charge in [-0.05, 0) is 54.7 Å². The molecule has 9 nitrogen and oxygen atoms in total. The third-order valence-electron chi connectivity index (χ3n) is 8.32. The van der Waals surface area contributed by atoms with Crippen LogP contribution in [0.25, 0.3) is 27.8 Å². The zero-order valence-electron chi connectivity index (χ0n) is 21.9. The maximum Gasteiger partial charge on any atom is 0.436 e. The third kappa shape index (κ3) is 3.85. The number of allylic oxidation sites excluding steroid dienone is 1. The molecule has 1 aliphatic carbocycles. The number of benzene rings is 2. The lowest BCUT2D eigenvalue weighted by Crippen LogP contribution is -2.27. The van der Waals surface area contributed by atoms with Crippen molar-refractivity contribution in [3.63, 3.8) is 0 Å². The Morgan fingerprint density at radius 3 is 2.79 bits per heavy atom. The lowest BCUT2D eigenvalue weighted by molar-refractivity contribution is -0.141. The molecule has 2 aromatic carbocycles. The van der Waals surface area contributed by atoms with Crippen LogP contribution < -0.4 is 5.56 Å². The molecule has 0 radical (unpaired) electrons. The summed E-state index contributed by atoms with van der Waals surface area (Å²) in [6, 6.07) is 12.0. The van der Waals surface area contributed by atoms with Gasteiger partial charge in [0.25, 0.3) is 5.56 Å². The first kappa shape index (κ1) is 25.2. The second kappa shape index (κ2) is 8.71. The van der Waals surface area contributed by atoms with E-state index in [1.807, 2.05) is 31.3 Å². The molecular formula is C29H20ClF3N8O. The summed E-state index contributed by atoms with van der Waals surface area (Å²) in [5.41, 5.74) is 4.47. The van der Waals surface area contributed by atoms with Crippen LogP contribution in [0.2, 0.25) is 5.02 Å². The van der Waals surface area contributed by atoms with Gasteiger partial charge in [-0.3, -0.25) is 19.5 Å². The number of H-pyrrole nitrogens is 1. The second-order valence-electron chi connectivity index (χ2n) is 10.9. The molecular weight excluding hydrogens is 569 g/mol. The molecule has 3 unspecified atom stereocenters. The Bertz CT molecular complexity index is 2070. The van der Waals surface area contributed by atoms with E-state index in [-0.39, 0.29) is 29.1 Å². The summed E-state index contributed by atoms with van der Waals surface area (Å²) in [5, 5.41) is 15.7. The summed E-state index contributed by atoms with van der Waals surface area (Å²) in [6.07, 6.45) is -0.471. The van der Waals surface area contributed by atoms with E-state index in [2.05, 4.69) is 20.5 Å². The van der Waals surface area contributed by atoms with Crippen molar-refractivity contribution < 1.29 is 13.2 Å². The van der Waals surface area contributed by atoms with Gasteiger partial charge in [0.15, 0.2) is 5.69 Å². The average Bonchev–Trinajstić information content (AvgIpc) is 3.37. The molecule has 3 atom stereocenters. The molecule has 1 N–H and O–H groups in total. The standard InChI is InChI=1S/C29H20ClF3N8O/c1-13-17-4-2-14(6-23(17)37-36-13)21-7-15(11-34-21)27-18-9-19(18)28-35-22(10-26(42)41(27)28)20-8-16(30)3-5-24(20)40-12-25(38-39-40)29(31,32)33/h2-6,8,10-12,18-19,27H,7,9H2,1H3,(H,36,37). The molecule has 2 aliphatic heterocycles. The number of nitrogens with one attached hydrogen (secondary N) is 1. The van der Waals surface area contributed by atoms with Crippen LogP contribution >= 0.6 is 11.6 Å². The number of nitrogens with zero attached hydrogens (tertiary/aromatic N) is 7. The minimum Gasteiger partial charge on any atom is -0.289 e. The van der Waals surface area contributed by atoms with Crippen LogP contribution in [0.4, 0.5) is 13.2 Å². The first-order chi connectivity index (χ1) is 20.2. The van der Waals surface area contributed by atoms with Crippen LogP contribution in [-0.4, -0.2) is 40.5 Å². The molecule has 3 aliphatic rings. The number of aromatic nitrogens is 7. The molecule has 0 saturated heterocycles. The number of hydrogen-bond acceptors (Lipinski definition) is 6. The zero-order valence-corrected chi connectivity index (χ0v) is 22.6. The summed E-state index contributed by atoms with van der Waals surface area (Å²) in [6.45, 7) is 1.98. The maximum atomic E-state index is 13.6. The molecule has 5 aromatic rings. The molecule has 3 aromatic heterocycles. The molecule has 1 fully saturated rings. The molecule has 210 valence electrons. The van der Waals surface area contributed by atoms with Crippen molar-refractivity contribution in [2.24, 2.45) is 10.9 Å². The van der Waals surface area contributed by atoms with Crippen molar-refractivity contribution in [1.82, 2.24) is 34.7 Å². The topological polar surface area (TPSA) is 107 Å². The number of aryl methyl sites for hydroxylation is 1. The Kier molecular flexibility index (Phi) is 5.22. The first-order valence-corrected chi connectivity index (χ1v) is 13.7. The highest BCUT2D eigenvalue weighted by atomic mass is 35.5. The number of rotatable bonds is 4. The third-order valence-corrected chi connectivity index (χ3v) is 8.55. The fourth-order valence-corrected chi connectivity index (χ4v) is 6.41. The molecule has 13 heteroatoms. The minimum atomic E-state index is -4.64. The van der Waals surface area contributed by atoms with Crippen LogP contribution in [-0.2, 0) is 6.18 Å². The number of aromatic amines is 1. The van der Waals surface area contributed by atoms with Gasteiger partial charge in [0.1, 0.15) is 5.82 Å².